The van der Waals surface area contributed by atoms with Gasteiger partial charge in [-0.2, -0.15) is 0 Å². The van der Waals surface area contributed by atoms with E-state index in [-0.39, 0.29) is 43.2 Å². The van der Waals surface area contributed by atoms with Crippen molar-refractivity contribution >= 4 is 17.8 Å². The number of esters is 1. The molecule has 28 heavy (non-hydrogen) atoms. The highest BCUT2D eigenvalue weighted by Crippen LogP contribution is 2.38. The fraction of sp³-hybridized carbons (Fsp3) is 0.429. The zero-order chi connectivity index (χ0) is 19.5. The number of nitrogens with zero attached hydrogens (tertiary/aromatic N) is 2. The van der Waals surface area contributed by atoms with Gasteiger partial charge in [-0.05, 0) is 12.8 Å². The number of ether oxygens (including phenoxy) is 1. The Bertz CT molecular complexity index is 852. The van der Waals surface area contributed by atoms with Crippen LogP contribution in [0.3, 0.4) is 0 Å². The molecule has 146 valence electrons. The summed E-state index contributed by atoms with van der Waals surface area (Å²) in [6, 6.07) is 11.2. The summed E-state index contributed by atoms with van der Waals surface area (Å²) in [6.45, 7) is 0.0693. The molecule has 0 bridgehead atoms. The van der Waals surface area contributed by atoms with Gasteiger partial charge in [0.1, 0.15) is 12.3 Å². The number of rotatable bonds is 6. The topological polar surface area (TPSA) is 89.7 Å². The zero-order valence-electron chi connectivity index (χ0n) is 15.5. The predicted octanol–water partition coefficient (Wildman–Crippen LogP) is 2.95. The summed E-state index contributed by atoms with van der Waals surface area (Å²) >= 11 is 0. The molecule has 1 saturated heterocycles. The summed E-state index contributed by atoms with van der Waals surface area (Å²) in [4.78, 5) is 38.1. The van der Waals surface area contributed by atoms with Crippen molar-refractivity contribution in [2.24, 2.45) is 11.8 Å². The molecule has 2 amide bonds. The standard InChI is InChI=1S/C21H22N2O5/c24-19(10-11-23-20(25)16-8-4-5-9-17(16)21(23)26)27-13-15-12-18(28-22-15)14-6-2-1-3-7-14/h1-3,6-7,12,16-17H,4-5,8-11,13H2/t16-,17+. The van der Waals surface area contributed by atoms with Crippen LogP contribution in [0.15, 0.2) is 40.9 Å². The number of aromatic nitrogens is 1. The van der Waals surface area contributed by atoms with E-state index in [0.717, 1.165) is 31.2 Å². The largest absolute Gasteiger partial charge is 0.459 e. The van der Waals surface area contributed by atoms with E-state index < -0.39 is 5.97 Å². The number of imide groups is 1. The highest BCUT2D eigenvalue weighted by molar-refractivity contribution is 6.05. The molecule has 1 aromatic carbocycles. The van der Waals surface area contributed by atoms with Crippen molar-refractivity contribution in [3.05, 3.63) is 42.1 Å². The lowest BCUT2D eigenvalue weighted by atomic mass is 9.81. The van der Waals surface area contributed by atoms with E-state index in [9.17, 15) is 14.4 Å². The first kappa shape index (κ1) is 18.4. The number of amides is 2. The van der Waals surface area contributed by atoms with Gasteiger partial charge in [0.2, 0.25) is 11.8 Å². The minimum absolute atomic E-state index is 0.0116. The lowest BCUT2D eigenvalue weighted by Crippen LogP contribution is -2.33. The fourth-order valence-electron chi connectivity index (χ4n) is 4.00. The van der Waals surface area contributed by atoms with Crippen molar-refractivity contribution in [1.29, 1.82) is 0 Å². The van der Waals surface area contributed by atoms with Gasteiger partial charge in [-0.1, -0.05) is 48.3 Å². The van der Waals surface area contributed by atoms with Crippen molar-refractivity contribution in [3.8, 4) is 11.3 Å². The predicted molar refractivity (Wildman–Crippen MR) is 98.5 cm³/mol. The van der Waals surface area contributed by atoms with Crippen LogP contribution in [0.1, 0.15) is 37.8 Å². The van der Waals surface area contributed by atoms with Crippen LogP contribution in [0.4, 0.5) is 0 Å². The molecular formula is C21H22N2O5. The van der Waals surface area contributed by atoms with E-state index >= 15 is 0 Å². The van der Waals surface area contributed by atoms with Gasteiger partial charge in [0.25, 0.3) is 0 Å². The van der Waals surface area contributed by atoms with Gasteiger partial charge in [-0.15, -0.1) is 0 Å². The minimum atomic E-state index is -0.472. The molecule has 4 rings (SSSR count). The van der Waals surface area contributed by atoms with Crippen molar-refractivity contribution in [3.63, 3.8) is 0 Å². The molecule has 2 aromatic rings. The van der Waals surface area contributed by atoms with E-state index in [1.807, 2.05) is 30.3 Å². The van der Waals surface area contributed by atoms with Gasteiger partial charge < -0.3 is 9.26 Å². The summed E-state index contributed by atoms with van der Waals surface area (Å²) < 4.78 is 10.5. The molecule has 2 atom stereocenters. The Morgan fingerprint density at radius 3 is 2.46 bits per heavy atom. The number of carbonyl (C=O) groups is 3. The fourth-order valence-corrected chi connectivity index (χ4v) is 4.00. The van der Waals surface area contributed by atoms with Gasteiger partial charge in [0.15, 0.2) is 5.76 Å². The summed E-state index contributed by atoms with van der Waals surface area (Å²) in [5.41, 5.74) is 1.40. The van der Waals surface area contributed by atoms with Crippen LogP contribution >= 0.6 is 0 Å². The van der Waals surface area contributed by atoms with Crippen LogP contribution in [-0.4, -0.2) is 34.4 Å². The summed E-state index contributed by atoms with van der Waals surface area (Å²) in [6.07, 6.45) is 3.50. The normalized spacial score (nSPS) is 21.6. The van der Waals surface area contributed by atoms with Gasteiger partial charge in [0, 0.05) is 18.2 Å². The number of benzene rings is 1. The average molecular weight is 382 g/mol. The molecule has 7 heteroatoms. The van der Waals surface area contributed by atoms with E-state index in [1.165, 1.54) is 4.90 Å². The quantitative estimate of drug-likeness (QED) is 0.564. The van der Waals surface area contributed by atoms with Crippen molar-refractivity contribution in [2.45, 2.75) is 38.7 Å². The van der Waals surface area contributed by atoms with Gasteiger partial charge in [-0.3, -0.25) is 19.3 Å². The average Bonchev–Trinajstić information content (AvgIpc) is 3.30. The van der Waals surface area contributed by atoms with Gasteiger partial charge in [0.05, 0.1) is 18.3 Å². The van der Waals surface area contributed by atoms with E-state index in [2.05, 4.69) is 5.16 Å². The molecule has 0 spiro atoms. The van der Waals surface area contributed by atoms with Crippen LogP contribution in [0.2, 0.25) is 0 Å². The minimum Gasteiger partial charge on any atom is -0.459 e. The number of likely N-dealkylation sites (tertiary alicyclic amines) is 1. The Hall–Kier alpha value is -2.96. The Balaban J connectivity index is 1.27. The van der Waals surface area contributed by atoms with Crippen LogP contribution in [0, 0.1) is 11.8 Å². The van der Waals surface area contributed by atoms with E-state index in [1.54, 1.807) is 6.07 Å². The van der Waals surface area contributed by atoms with Crippen molar-refractivity contribution in [2.75, 3.05) is 6.54 Å². The SMILES string of the molecule is O=C(CCN1C(=O)[C@H]2CCCC[C@H]2C1=O)OCc1cc(-c2ccccc2)on1. The molecule has 7 nitrogen and oxygen atoms in total. The van der Waals surface area contributed by atoms with Gasteiger partial charge >= 0.3 is 5.97 Å². The summed E-state index contributed by atoms with van der Waals surface area (Å²) in [5, 5.41) is 3.90. The highest BCUT2D eigenvalue weighted by atomic mass is 16.5. The van der Waals surface area contributed by atoms with Crippen molar-refractivity contribution < 1.29 is 23.6 Å². The number of hydrogen-bond acceptors (Lipinski definition) is 6. The number of fused-ring (bicyclic) bond motifs is 1. The van der Waals surface area contributed by atoms with Crippen LogP contribution in [0.25, 0.3) is 11.3 Å². The molecule has 2 heterocycles. The lowest BCUT2D eigenvalue weighted by molar-refractivity contribution is -0.146. The molecule has 1 aliphatic heterocycles. The molecule has 1 saturated carbocycles. The second-order valence-electron chi connectivity index (χ2n) is 7.28. The molecule has 2 fully saturated rings. The third-order valence-corrected chi connectivity index (χ3v) is 5.47. The van der Waals surface area contributed by atoms with Crippen LogP contribution in [-0.2, 0) is 25.7 Å². The lowest BCUT2D eigenvalue weighted by Gasteiger charge is -2.19. The zero-order valence-corrected chi connectivity index (χ0v) is 15.5. The maximum Gasteiger partial charge on any atom is 0.307 e. The molecule has 1 aliphatic carbocycles. The van der Waals surface area contributed by atoms with Gasteiger partial charge in [-0.25, -0.2) is 0 Å². The Labute approximate surface area is 162 Å². The van der Waals surface area contributed by atoms with Crippen LogP contribution in [0.5, 0.6) is 0 Å². The first-order valence-corrected chi connectivity index (χ1v) is 9.65. The van der Waals surface area contributed by atoms with E-state index in [4.69, 9.17) is 9.26 Å². The van der Waals surface area contributed by atoms with E-state index in [0.29, 0.717) is 11.5 Å². The Kier molecular flexibility index (Phi) is 5.23. The molecule has 0 N–H and O–H groups in total. The van der Waals surface area contributed by atoms with Crippen LogP contribution < -0.4 is 0 Å². The monoisotopic (exact) mass is 382 g/mol. The molecule has 0 radical (unpaired) electrons. The third kappa shape index (κ3) is 3.69. The summed E-state index contributed by atoms with van der Waals surface area (Å²) in [5.74, 6) is -0.520. The molecular weight excluding hydrogens is 360 g/mol. The number of carbonyl (C=O) groups excluding carboxylic acids is 3. The molecule has 1 aromatic heterocycles. The first-order chi connectivity index (χ1) is 13.6. The first-order valence-electron chi connectivity index (χ1n) is 9.65. The second kappa shape index (κ2) is 7.96. The third-order valence-electron chi connectivity index (χ3n) is 5.47. The Morgan fingerprint density at radius 2 is 1.79 bits per heavy atom. The highest BCUT2D eigenvalue weighted by Gasteiger charge is 2.47. The Morgan fingerprint density at radius 1 is 1.11 bits per heavy atom. The maximum atomic E-state index is 12.4. The molecule has 2 aliphatic rings. The van der Waals surface area contributed by atoms with Crippen molar-refractivity contribution in [1.82, 2.24) is 10.1 Å². The second-order valence-corrected chi connectivity index (χ2v) is 7.28. The summed E-state index contributed by atoms with van der Waals surface area (Å²) in [7, 11) is 0. The smallest absolute Gasteiger partial charge is 0.307 e. The number of hydrogen-bond donors (Lipinski definition) is 0. The maximum absolute atomic E-state index is 12.4. The molecule has 0 unspecified atom stereocenters.